The Hall–Kier alpha value is -4.41. The standard InChI is InChI=1S/C28H21Cl2N3O7/c1-2-39-26(37)32-22-11-7-6-10-19(22)28(24(32)35)23(34)31(15-18-12-13-20(29)21(30)14-18)25(36)33(28)27(38)40-16-17-8-4-3-5-9-17/h3-14H,2,15-16H2,1H3/t28-/m1/s1. The molecule has 0 radical (unpaired) electrons. The Balaban J connectivity index is 1.62. The van der Waals surface area contributed by atoms with Crippen LogP contribution in [0, 0.1) is 0 Å². The summed E-state index contributed by atoms with van der Waals surface area (Å²) in [4.78, 5) is 70.4. The molecular weight excluding hydrogens is 561 g/mol. The number of rotatable bonds is 5. The molecule has 0 saturated carbocycles. The zero-order valence-corrected chi connectivity index (χ0v) is 22.5. The average Bonchev–Trinajstić information content (AvgIpc) is 3.33. The van der Waals surface area contributed by atoms with E-state index in [-0.39, 0.29) is 41.1 Å². The van der Waals surface area contributed by atoms with Crippen LogP contribution in [0.1, 0.15) is 23.6 Å². The molecule has 2 aliphatic heterocycles. The van der Waals surface area contributed by atoms with Crippen molar-refractivity contribution in [2.24, 2.45) is 0 Å². The van der Waals surface area contributed by atoms with Crippen molar-refractivity contribution in [1.29, 1.82) is 0 Å². The van der Waals surface area contributed by atoms with Crippen molar-refractivity contribution in [3.63, 3.8) is 0 Å². The molecule has 10 nitrogen and oxygen atoms in total. The fourth-order valence-electron chi connectivity index (χ4n) is 4.75. The molecule has 3 aromatic carbocycles. The summed E-state index contributed by atoms with van der Waals surface area (Å²) in [6.07, 6.45) is -2.30. The van der Waals surface area contributed by atoms with Gasteiger partial charge in [0.05, 0.1) is 28.9 Å². The van der Waals surface area contributed by atoms with Crippen molar-refractivity contribution < 1.29 is 33.4 Å². The molecular formula is C28H21Cl2N3O7. The van der Waals surface area contributed by atoms with Crippen LogP contribution in [-0.4, -0.2) is 46.4 Å². The first kappa shape index (κ1) is 27.2. The summed E-state index contributed by atoms with van der Waals surface area (Å²) in [5.41, 5.74) is -1.55. The Morgan fingerprint density at radius 2 is 1.50 bits per heavy atom. The van der Waals surface area contributed by atoms with Crippen molar-refractivity contribution in [1.82, 2.24) is 9.80 Å². The van der Waals surface area contributed by atoms with Crippen molar-refractivity contribution in [3.8, 4) is 0 Å². The van der Waals surface area contributed by atoms with Gasteiger partial charge in [-0.1, -0.05) is 77.8 Å². The smallest absolute Gasteiger partial charge is 0.421 e. The second-order valence-electron chi connectivity index (χ2n) is 8.86. The van der Waals surface area contributed by atoms with Crippen LogP contribution in [0.5, 0.6) is 0 Å². The normalized spacial score (nSPS) is 18.0. The van der Waals surface area contributed by atoms with Crippen LogP contribution in [-0.2, 0) is 37.8 Å². The summed E-state index contributed by atoms with van der Waals surface area (Å²) in [6.45, 7) is 0.916. The molecule has 6 amide bonds. The highest BCUT2D eigenvalue weighted by Crippen LogP contribution is 2.49. The number of fused-ring (bicyclic) bond motifs is 2. The van der Waals surface area contributed by atoms with Gasteiger partial charge in [0.15, 0.2) is 0 Å². The van der Waals surface area contributed by atoms with Crippen LogP contribution in [0.4, 0.5) is 20.1 Å². The van der Waals surface area contributed by atoms with E-state index in [1.54, 1.807) is 49.4 Å². The highest BCUT2D eigenvalue weighted by molar-refractivity contribution is 6.42. The molecule has 2 aliphatic rings. The zero-order valence-electron chi connectivity index (χ0n) is 21.0. The highest BCUT2D eigenvalue weighted by Gasteiger charge is 2.72. The Morgan fingerprint density at radius 1 is 0.800 bits per heavy atom. The van der Waals surface area contributed by atoms with Gasteiger partial charge in [0, 0.05) is 5.56 Å². The van der Waals surface area contributed by atoms with Crippen LogP contribution in [0.3, 0.4) is 0 Å². The molecule has 1 saturated heterocycles. The van der Waals surface area contributed by atoms with Crippen molar-refractivity contribution in [2.75, 3.05) is 11.5 Å². The molecule has 204 valence electrons. The molecule has 1 fully saturated rings. The number of halogens is 2. The van der Waals surface area contributed by atoms with E-state index in [1.807, 2.05) is 0 Å². The molecule has 1 atom stereocenters. The molecule has 0 bridgehead atoms. The van der Waals surface area contributed by atoms with E-state index in [2.05, 4.69) is 0 Å². The number of nitrogens with zero attached hydrogens (tertiary/aromatic N) is 3. The average molecular weight is 582 g/mol. The number of ether oxygens (including phenoxy) is 2. The molecule has 0 aliphatic carbocycles. The molecule has 1 spiro atoms. The van der Waals surface area contributed by atoms with E-state index in [0.717, 1.165) is 4.90 Å². The van der Waals surface area contributed by atoms with E-state index >= 15 is 0 Å². The highest BCUT2D eigenvalue weighted by atomic mass is 35.5. The third-order valence-corrected chi connectivity index (χ3v) is 7.26. The maximum absolute atomic E-state index is 14.2. The van der Waals surface area contributed by atoms with E-state index < -0.39 is 35.6 Å². The number of hydrogen-bond donors (Lipinski definition) is 0. The number of anilines is 1. The number of carbonyl (C=O) groups excluding carboxylic acids is 5. The van der Waals surface area contributed by atoms with Crippen LogP contribution < -0.4 is 4.90 Å². The monoisotopic (exact) mass is 581 g/mol. The van der Waals surface area contributed by atoms with Gasteiger partial charge in [0.1, 0.15) is 6.61 Å². The number of urea groups is 1. The Kier molecular flexibility index (Phi) is 7.22. The number of hydrogen-bond acceptors (Lipinski definition) is 7. The third-order valence-electron chi connectivity index (χ3n) is 6.52. The Morgan fingerprint density at radius 3 is 2.20 bits per heavy atom. The first-order chi connectivity index (χ1) is 19.2. The van der Waals surface area contributed by atoms with Gasteiger partial charge in [-0.25, -0.2) is 19.3 Å². The Bertz CT molecular complexity index is 1550. The van der Waals surface area contributed by atoms with E-state index in [0.29, 0.717) is 20.9 Å². The molecule has 3 aromatic rings. The maximum atomic E-state index is 14.2. The maximum Gasteiger partial charge on any atom is 0.421 e. The van der Waals surface area contributed by atoms with Gasteiger partial charge in [-0.15, -0.1) is 0 Å². The van der Waals surface area contributed by atoms with Gasteiger partial charge in [0.25, 0.3) is 11.8 Å². The molecule has 40 heavy (non-hydrogen) atoms. The molecule has 5 rings (SSSR count). The van der Waals surface area contributed by atoms with E-state index in [1.165, 1.54) is 30.3 Å². The van der Waals surface area contributed by atoms with Crippen LogP contribution in [0.25, 0.3) is 0 Å². The van der Waals surface area contributed by atoms with Crippen LogP contribution >= 0.6 is 23.2 Å². The summed E-state index contributed by atoms with van der Waals surface area (Å²) in [5, 5.41) is 0.444. The lowest BCUT2D eigenvalue weighted by Crippen LogP contribution is -2.57. The first-order valence-corrected chi connectivity index (χ1v) is 12.9. The second-order valence-corrected chi connectivity index (χ2v) is 9.68. The number of benzene rings is 3. The predicted octanol–water partition coefficient (Wildman–Crippen LogP) is 5.49. The number of amides is 6. The number of imide groups is 3. The topological polar surface area (TPSA) is 114 Å². The molecule has 0 aromatic heterocycles. The van der Waals surface area contributed by atoms with Crippen LogP contribution in [0.15, 0.2) is 72.8 Å². The molecule has 0 unspecified atom stereocenters. The summed E-state index contributed by atoms with van der Waals surface area (Å²) in [6, 6.07) is 17.9. The lowest BCUT2D eigenvalue weighted by Gasteiger charge is -2.28. The third kappa shape index (κ3) is 4.25. The van der Waals surface area contributed by atoms with Gasteiger partial charge in [-0.05, 0) is 36.2 Å². The Labute approximate surface area is 238 Å². The summed E-state index contributed by atoms with van der Waals surface area (Å²) in [7, 11) is 0. The fraction of sp³-hybridized carbons (Fsp3) is 0.179. The fourth-order valence-corrected chi connectivity index (χ4v) is 5.07. The van der Waals surface area contributed by atoms with Crippen molar-refractivity contribution in [2.45, 2.75) is 25.6 Å². The van der Waals surface area contributed by atoms with Gasteiger partial charge in [0.2, 0.25) is 5.54 Å². The van der Waals surface area contributed by atoms with Crippen LogP contribution in [0.2, 0.25) is 10.0 Å². The van der Waals surface area contributed by atoms with Gasteiger partial charge in [-0.2, -0.15) is 4.90 Å². The van der Waals surface area contributed by atoms with Gasteiger partial charge < -0.3 is 9.47 Å². The van der Waals surface area contributed by atoms with Gasteiger partial charge >= 0.3 is 18.2 Å². The minimum absolute atomic E-state index is 0.00402. The minimum Gasteiger partial charge on any atom is -0.449 e. The predicted molar refractivity (Wildman–Crippen MR) is 144 cm³/mol. The second kappa shape index (κ2) is 10.6. The lowest BCUT2D eigenvalue weighted by atomic mass is 9.89. The molecule has 2 heterocycles. The largest absolute Gasteiger partial charge is 0.449 e. The summed E-state index contributed by atoms with van der Waals surface area (Å²) >= 11 is 12.1. The zero-order chi connectivity index (χ0) is 28.6. The summed E-state index contributed by atoms with van der Waals surface area (Å²) < 4.78 is 10.5. The minimum atomic E-state index is -2.54. The van der Waals surface area contributed by atoms with E-state index in [9.17, 15) is 24.0 Å². The summed E-state index contributed by atoms with van der Waals surface area (Å²) in [5.74, 6) is -2.18. The first-order valence-electron chi connectivity index (χ1n) is 12.1. The molecule has 0 N–H and O–H groups in total. The van der Waals surface area contributed by atoms with Crippen molar-refractivity contribution >= 4 is 58.9 Å². The number of para-hydroxylation sites is 1. The quantitative estimate of drug-likeness (QED) is 0.289. The van der Waals surface area contributed by atoms with Crippen molar-refractivity contribution in [3.05, 3.63) is 99.5 Å². The van der Waals surface area contributed by atoms with E-state index in [4.69, 9.17) is 32.7 Å². The molecule has 12 heteroatoms. The lowest BCUT2D eigenvalue weighted by molar-refractivity contribution is -0.141. The SMILES string of the molecule is CCOC(=O)N1C(=O)[C@]2(C(=O)N(Cc3ccc(Cl)c(Cl)c3)C(=O)N2C(=O)OCc2ccccc2)c2ccccc21. The van der Waals surface area contributed by atoms with Gasteiger partial charge in [-0.3, -0.25) is 14.5 Å². The number of carbonyl (C=O) groups is 5.